The fourth-order valence-electron chi connectivity index (χ4n) is 3.76. The molecule has 0 fully saturated rings. The molecule has 0 aliphatic rings. The van der Waals surface area contributed by atoms with Crippen molar-refractivity contribution in [1.29, 1.82) is 0 Å². The summed E-state index contributed by atoms with van der Waals surface area (Å²) >= 11 is 0. The van der Waals surface area contributed by atoms with Gasteiger partial charge in [-0.2, -0.15) is 0 Å². The quantitative estimate of drug-likeness (QED) is 0.274. The topological polar surface area (TPSA) is 151 Å². The van der Waals surface area contributed by atoms with Crippen molar-refractivity contribution in [3.05, 3.63) is 103 Å². The van der Waals surface area contributed by atoms with E-state index in [2.05, 4.69) is 29.2 Å². The molecule has 0 radical (unpaired) electrons. The summed E-state index contributed by atoms with van der Waals surface area (Å²) in [7, 11) is -3.80. The normalized spacial score (nSPS) is 11.0. The maximum atomic E-state index is 11.4. The second-order valence-electron chi connectivity index (χ2n) is 7.86. The van der Waals surface area contributed by atoms with Gasteiger partial charge in [-0.15, -0.1) is 0 Å². The van der Waals surface area contributed by atoms with E-state index >= 15 is 0 Å². The van der Waals surface area contributed by atoms with E-state index in [9.17, 15) is 8.42 Å². The Kier molecular flexibility index (Phi) is 6.68. The highest BCUT2D eigenvalue weighted by atomic mass is 32.2. The first-order valence-corrected chi connectivity index (χ1v) is 12.3. The van der Waals surface area contributed by atoms with Crippen molar-refractivity contribution in [2.45, 2.75) is 4.90 Å². The minimum Gasteiger partial charge on any atom is -0.397 e. The highest BCUT2D eigenvalue weighted by molar-refractivity contribution is 7.89. The van der Waals surface area contributed by atoms with Gasteiger partial charge in [0.25, 0.3) is 0 Å². The van der Waals surface area contributed by atoms with E-state index in [0.29, 0.717) is 22.1 Å². The van der Waals surface area contributed by atoms with E-state index in [-0.39, 0.29) is 10.6 Å². The zero-order valence-corrected chi connectivity index (χ0v) is 19.6. The number of sulfonamides is 1. The Hall–Kier alpha value is -4.40. The molecule has 0 atom stereocenters. The predicted molar refractivity (Wildman–Crippen MR) is 144 cm³/mol. The summed E-state index contributed by atoms with van der Waals surface area (Å²) < 4.78 is 22.8. The monoisotopic (exact) mass is 483 g/mol. The molecule has 4 aromatic carbocycles. The lowest BCUT2D eigenvalue weighted by atomic mass is 9.97. The second kappa shape index (κ2) is 9.84. The largest absolute Gasteiger partial charge is 0.397 e. The molecule has 0 spiro atoms. The van der Waals surface area contributed by atoms with Gasteiger partial charge in [0, 0.05) is 16.3 Å². The third-order valence-electron chi connectivity index (χ3n) is 5.46. The summed E-state index contributed by atoms with van der Waals surface area (Å²) in [5.74, 6) is 0. The molecule has 8 N–H and O–H groups in total. The summed E-state index contributed by atoms with van der Waals surface area (Å²) in [6.45, 7) is 0. The highest BCUT2D eigenvalue weighted by Crippen LogP contribution is 2.32. The van der Waals surface area contributed by atoms with Crippen LogP contribution in [0.4, 0.5) is 17.1 Å². The Labute approximate surface area is 204 Å². The van der Waals surface area contributed by atoms with Crippen molar-refractivity contribution >= 4 is 37.9 Å². The number of nitrogen functional groups attached to an aromatic ring is 3. The molecule has 35 heavy (non-hydrogen) atoms. The molecule has 0 saturated carbocycles. The molecular weight excluding hydrogens is 458 g/mol. The van der Waals surface area contributed by atoms with Gasteiger partial charge in [0.15, 0.2) is 0 Å². The highest BCUT2D eigenvalue weighted by Gasteiger charge is 2.15. The molecule has 1 heterocycles. The second-order valence-corrected chi connectivity index (χ2v) is 9.39. The number of anilines is 3. The number of primary sulfonamides is 1. The van der Waals surface area contributed by atoms with Crippen molar-refractivity contribution in [2.24, 2.45) is 5.14 Å². The van der Waals surface area contributed by atoms with Crippen LogP contribution in [0.2, 0.25) is 0 Å². The lowest BCUT2D eigenvalue weighted by Gasteiger charge is -2.09. The maximum absolute atomic E-state index is 11.4. The van der Waals surface area contributed by atoms with Crippen molar-refractivity contribution in [1.82, 2.24) is 4.98 Å². The van der Waals surface area contributed by atoms with E-state index in [1.54, 1.807) is 30.5 Å². The van der Waals surface area contributed by atoms with Crippen LogP contribution in [-0.4, -0.2) is 13.4 Å². The summed E-state index contributed by atoms with van der Waals surface area (Å²) in [5, 5.41) is 6.19. The van der Waals surface area contributed by atoms with Gasteiger partial charge >= 0.3 is 0 Å². The van der Waals surface area contributed by atoms with Crippen LogP contribution in [0.15, 0.2) is 108 Å². The van der Waals surface area contributed by atoms with E-state index in [0.717, 1.165) is 11.3 Å². The van der Waals surface area contributed by atoms with Crippen LogP contribution in [0.25, 0.3) is 33.2 Å². The number of rotatable bonds is 3. The van der Waals surface area contributed by atoms with Crippen LogP contribution < -0.4 is 22.3 Å². The smallest absolute Gasteiger partial charge is 0.238 e. The minimum absolute atomic E-state index is 0.00481. The van der Waals surface area contributed by atoms with E-state index in [1.807, 2.05) is 42.5 Å². The number of benzene rings is 4. The SMILES string of the molecule is Nc1cc(S(N)(=O)=O)c2ccccc2c1N.Nc1ccc(-c2ccccc2-c2ccccc2)nc1. The van der Waals surface area contributed by atoms with Gasteiger partial charge in [0.1, 0.15) is 0 Å². The van der Waals surface area contributed by atoms with Crippen molar-refractivity contribution < 1.29 is 8.42 Å². The van der Waals surface area contributed by atoms with Gasteiger partial charge in [0.05, 0.1) is 33.8 Å². The Morgan fingerprint density at radius 3 is 1.89 bits per heavy atom. The Balaban J connectivity index is 0.000000168. The van der Waals surface area contributed by atoms with Crippen molar-refractivity contribution in [3.63, 3.8) is 0 Å². The Morgan fingerprint density at radius 1 is 0.657 bits per heavy atom. The average Bonchev–Trinajstić information content (AvgIpc) is 2.87. The number of hydrogen-bond donors (Lipinski definition) is 4. The van der Waals surface area contributed by atoms with E-state index in [4.69, 9.17) is 22.3 Å². The number of hydrogen-bond acceptors (Lipinski definition) is 6. The van der Waals surface area contributed by atoms with Gasteiger partial charge in [-0.25, -0.2) is 13.6 Å². The van der Waals surface area contributed by atoms with Crippen LogP contribution >= 0.6 is 0 Å². The van der Waals surface area contributed by atoms with Crippen LogP contribution in [0, 0.1) is 0 Å². The molecule has 0 aliphatic heterocycles. The summed E-state index contributed by atoms with van der Waals surface area (Å²) in [5.41, 5.74) is 22.8. The fraction of sp³-hybridized carbons (Fsp3) is 0. The lowest BCUT2D eigenvalue weighted by molar-refractivity contribution is 0.598. The number of nitrogens with zero attached hydrogens (tertiary/aromatic N) is 1. The predicted octanol–water partition coefficient (Wildman–Crippen LogP) is 4.65. The standard InChI is InChI=1S/C17H14N2.C10H11N3O2S/c18-14-10-11-17(19-12-14)16-9-5-4-8-15(16)13-6-2-1-3-7-13;11-8-5-9(16(13,14)15)6-3-1-2-4-7(6)10(8)12/h1-12H,18H2;1-5H,11-12H2,(H2,13,14,15). The van der Waals surface area contributed by atoms with Crippen LogP contribution in [0.1, 0.15) is 0 Å². The zero-order valence-electron chi connectivity index (χ0n) is 18.8. The van der Waals surface area contributed by atoms with Gasteiger partial charge in [-0.3, -0.25) is 4.98 Å². The number of nitrogens with two attached hydrogens (primary N) is 4. The number of fused-ring (bicyclic) bond motifs is 1. The van der Waals surface area contributed by atoms with Crippen LogP contribution in [0.3, 0.4) is 0 Å². The van der Waals surface area contributed by atoms with Gasteiger partial charge in [-0.1, -0.05) is 78.9 Å². The third-order valence-corrected chi connectivity index (χ3v) is 6.41. The first-order chi connectivity index (χ1) is 16.8. The molecule has 0 unspecified atom stereocenters. The average molecular weight is 484 g/mol. The molecule has 7 nitrogen and oxygen atoms in total. The van der Waals surface area contributed by atoms with E-state index in [1.165, 1.54) is 17.2 Å². The lowest BCUT2D eigenvalue weighted by Crippen LogP contribution is -2.13. The summed E-state index contributed by atoms with van der Waals surface area (Å²) in [4.78, 5) is 4.40. The zero-order chi connectivity index (χ0) is 25.0. The first-order valence-electron chi connectivity index (χ1n) is 10.7. The van der Waals surface area contributed by atoms with Crippen LogP contribution in [0.5, 0.6) is 0 Å². The molecule has 0 aliphatic carbocycles. The Morgan fingerprint density at radius 2 is 1.26 bits per heavy atom. The van der Waals surface area contributed by atoms with Gasteiger partial charge in [-0.05, 0) is 29.3 Å². The summed E-state index contributed by atoms with van der Waals surface area (Å²) in [6, 6.07) is 30.5. The maximum Gasteiger partial charge on any atom is 0.238 e. The molecule has 0 bridgehead atoms. The minimum atomic E-state index is -3.80. The molecule has 1 aromatic heterocycles. The number of aromatic nitrogens is 1. The van der Waals surface area contributed by atoms with Crippen LogP contribution in [-0.2, 0) is 10.0 Å². The molecule has 8 heteroatoms. The molecular formula is C27H25N5O2S. The fourth-order valence-corrected chi connectivity index (χ4v) is 4.54. The molecule has 5 aromatic rings. The molecule has 5 rings (SSSR count). The van der Waals surface area contributed by atoms with E-state index < -0.39 is 10.0 Å². The Bertz CT molecular complexity index is 1590. The third kappa shape index (κ3) is 5.24. The number of pyridine rings is 1. The summed E-state index contributed by atoms with van der Waals surface area (Å²) in [6.07, 6.45) is 1.69. The molecule has 0 saturated heterocycles. The van der Waals surface area contributed by atoms with Crippen molar-refractivity contribution in [3.8, 4) is 22.4 Å². The first kappa shape index (κ1) is 23.7. The van der Waals surface area contributed by atoms with Gasteiger partial charge in [0.2, 0.25) is 10.0 Å². The molecule has 0 amide bonds. The van der Waals surface area contributed by atoms with Crippen molar-refractivity contribution in [2.75, 3.05) is 17.2 Å². The van der Waals surface area contributed by atoms with Gasteiger partial charge < -0.3 is 17.2 Å². The molecule has 176 valence electrons.